The molecule has 100 valence electrons. The molecule has 0 aromatic rings. The Labute approximate surface area is 111 Å². The smallest absolute Gasteiger partial charge is 0.226 e. The predicted molar refractivity (Wildman–Crippen MR) is 75.2 cm³/mol. The fourth-order valence-corrected chi connectivity index (χ4v) is 2.48. The molecule has 2 nitrogen and oxygen atoms in total. The fourth-order valence-electron chi connectivity index (χ4n) is 2.48. The van der Waals surface area contributed by atoms with Crippen molar-refractivity contribution < 1.29 is 4.79 Å². The van der Waals surface area contributed by atoms with Crippen LogP contribution in [0.2, 0.25) is 0 Å². The second kappa shape index (κ2) is 6.21. The monoisotopic (exact) mass is 247 g/mol. The van der Waals surface area contributed by atoms with E-state index in [0.29, 0.717) is 23.8 Å². The van der Waals surface area contributed by atoms with Gasteiger partial charge in [0.2, 0.25) is 5.91 Å². The van der Waals surface area contributed by atoms with Gasteiger partial charge in [0.25, 0.3) is 0 Å². The molecule has 1 fully saturated rings. The Kier molecular flexibility index (Phi) is 4.62. The number of carbonyl (C=O) groups is 1. The number of hydrogen-bond acceptors (Lipinski definition) is 1. The molecule has 1 saturated carbocycles. The minimum Gasteiger partial charge on any atom is -0.336 e. The molecule has 2 aliphatic carbocycles. The van der Waals surface area contributed by atoms with Gasteiger partial charge in [-0.05, 0) is 51.9 Å². The summed E-state index contributed by atoms with van der Waals surface area (Å²) in [7, 11) is 0. The van der Waals surface area contributed by atoms with Crippen LogP contribution in [0.15, 0.2) is 24.3 Å². The van der Waals surface area contributed by atoms with E-state index in [1.165, 1.54) is 12.8 Å². The van der Waals surface area contributed by atoms with E-state index in [1.54, 1.807) is 0 Å². The number of carbonyl (C=O) groups excluding carboxylic acids is 1. The van der Waals surface area contributed by atoms with E-state index in [0.717, 1.165) is 25.8 Å². The van der Waals surface area contributed by atoms with Gasteiger partial charge in [0, 0.05) is 18.5 Å². The van der Waals surface area contributed by atoms with Crippen LogP contribution in [0.1, 0.15) is 46.0 Å². The molecule has 0 heterocycles. The lowest BCUT2D eigenvalue weighted by molar-refractivity contribution is -0.133. The Morgan fingerprint density at radius 2 is 2.11 bits per heavy atom. The molecule has 1 atom stereocenters. The van der Waals surface area contributed by atoms with Crippen molar-refractivity contribution in [3.8, 4) is 0 Å². The quantitative estimate of drug-likeness (QED) is 0.680. The minimum atomic E-state index is 0.314. The van der Waals surface area contributed by atoms with Crippen LogP contribution in [-0.4, -0.2) is 23.4 Å². The van der Waals surface area contributed by atoms with Gasteiger partial charge in [0.1, 0.15) is 0 Å². The second-order valence-corrected chi connectivity index (χ2v) is 5.83. The molecule has 0 N–H and O–H groups in total. The van der Waals surface area contributed by atoms with E-state index >= 15 is 0 Å². The van der Waals surface area contributed by atoms with Gasteiger partial charge in [-0.3, -0.25) is 4.79 Å². The Morgan fingerprint density at radius 1 is 1.33 bits per heavy atom. The average Bonchev–Trinajstić information content (AvgIpc) is 3.19. The van der Waals surface area contributed by atoms with Crippen LogP contribution in [0.4, 0.5) is 0 Å². The van der Waals surface area contributed by atoms with Crippen molar-refractivity contribution in [2.24, 2.45) is 11.8 Å². The molecule has 0 saturated heterocycles. The summed E-state index contributed by atoms with van der Waals surface area (Å²) in [6, 6.07) is 0.314. The lowest BCUT2D eigenvalue weighted by Gasteiger charge is -2.25. The van der Waals surface area contributed by atoms with Gasteiger partial charge in [0.05, 0.1) is 0 Å². The fraction of sp³-hybridized carbons (Fsp3) is 0.688. The summed E-state index contributed by atoms with van der Waals surface area (Å²) >= 11 is 0. The molecule has 1 amide bonds. The van der Waals surface area contributed by atoms with Gasteiger partial charge in [-0.15, -0.1) is 0 Å². The Balaban J connectivity index is 1.83. The third-order valence-electron chi connectivity index (χ3n) is 3.85. The normalized spacial score (nSPS) is 23.8. The van der Waals surface area contributed by atoms with Crippen LogP contribution in [0.5, 0.6) is 0 Å². The van der Waals surface area contributed by atoms with Gasteiger partial charge < -0.3 is 4.90 Å². The molecule has 0 spiro atoms. The van der Waals surface area contributed by atoms with Gasteiger partial charge in [-0.2, -0.15) is 0 Å². The number of nitrogens with zero attached hydrogens (tertiary/aromatic N) is 1. The van der Waals surface area contributed by atoms with Crippen LogP contribution in [0, 0.1) is 11.8 Å². The van der Waals surface area contributed by atoms with E-state index in [2.05, 4.69) is 38.2 Å². The van der Waals surface area contributed by atoms with Crippen LogP contribution in [0.3, 0.4) is 0 Å². The molecule has 0 aromatic heterocycles. The second-order valence-electron chi connectivity index (χ2n) is 5.83. The Bertz CT molecular complexity index is 339. The molecule has 0 aromatic carbocycles. The number of allylic oxidation sites excluding steroid dienone is 3. The summed E-state index contributed by atoms with van der Waals surface area (Å²) in [6.07, 6.45) is 14.8. The standard InChI is InChI=1S/C16H25NO/c1-13(2)17(16(18)15-10-11-15)12-6-9-14-7-4-3-5-8-14/h3-4,6,9,13-15H,5,7-8,10-12H2,1-2H3/b9-6+. The Morgan fingerprint density at radius 3 is 2.67 bits per heavy atom. The number of amides is 1. The third kappa shape index (κ3) is 3.72. The first-order chi connectivity index (χ1) is 8.68. The van der Waals surface area contributed by atoms with Crippen LogP contribution in [0.25, 0.3) is 0 Å². The number of rotatable bonds is 5. The zero-order valence-electron chi connectivity index (χ0n) is 11.6. The molecule has 2 aliphatic rings. The maximum Gasteiger partial charge on any atom is 0.226 e. The Hall–Kier alpha value is -1.05. The first-order valence-corrected chi connectivity index (χ1v) is 7.30. The summed E-state index contributed by atoms with van der Waals surface area (Å²) in [6.45, 7) is 5.00. The molecule has 0 radical (unpaired) electrons. The van der Waals surface area contributed by atoms with Crippen molar-refractivity contribution in [3.63, 3.8) is 0 Å². The molecule has 2 heteroatoms. The summed E-state index contributed by atoms with van der Waals surface area (Å²) < 4.78 is 0. The van der Waals surface area contributed by atoms with Crippen molar-refractivity contribution >= 4 is 5.91 Å². The van der Waals surface area contributed by atoms with Gasteiger partial charge in [-0.25, -0.2) is 0 Å². The van der Waals surface area contributed by atoms with Gasteiger partial charge >= 0.3 is 0 Å². The zero-order valence-corrected chi connectivity index (χ0v) is 11.6. The van der Waals surface area contributed by atoms with Crippen molar-refractivity contribution in [3.05, 3.63) is 24.3 Å². The molecule has 18 heavy (non-hydrogen) atoms. The van der Waals surface area contributed by atoms with E-state index in [1.807, 2.05) is 4.90 Å². The van der Waals surface area contributed by atoms with Gasteiger partial charge in [-0.1, -0.05) is 24.3 Å². The minimum absolute atomic E-state index is 0.314. The zero-order chi connectivity index (χ0) is 13.0. The molecule has 0 bridgehead atoms. The van der Waals surface area contributed by atoms with Crippen molar-refractivity contribution in [2.45, 2.75) is 52.0 Å². The largest absolute Gasteiger partial charge is 0.336 e. The van der Waals surface area contributed by atoms with E-state index in [9.17, 15) is 4.79 Å². The predicted octanol–water partition coefficient (Wildman–Crippen LogP) is 3.55. The van der Waals surface area contributed by atoms with Gasteiger partial charge in [0.15, 0.2) is 0 Å². The highest BCUT2D eigenvalue weighted by Crippen LogP contribution is 2.31. The topological polar surface area (TPSA) is 20.3 Å². The molecule has 2 rings (SSSR count). The highest BCUT2D eigenvalue weighted by molar-refractivity contribution is 5.81. The van der Waals surface area contributed by atoms with E-state index < -0.39 is 0 Å². The van der Waals surface area contributed by atoms with E-state index in [4.69, 9.17) is 0 Å². The van der Waals surface area contributed by atoms with Crippen molar-refractivity contribution in [1.29, 1.82) is 0 Å². The third-order valence-corrected chi connectivity index (χ3v) is 3.85. The maximum atomic E-state index is 12.1. The molecular formula is C16H25NO. The lowest BCUT2D eigenvalue weighted by atomic mass is 9.94. The highest BCUT2D eigenvalue weighted by Gasteiger charge is 2.33. The van der Waals surface area contributed by atoms with Crippen molar-refractivity contribution in [1.82, 2.24) is 4.90 Å². The van der Waals surface area contributed by atoms with Crippen LogP contribution >= 0.6 is 0 Å². The van der Waals surface area contributed by atoms with Crippen LogP contribution in [-0.2, 0) is 4.79 Å². The summed E-state index contributed by atoms with van der Waals surface area (Å²) in [4.78, 5) is 14.1. The first kappa shape index (κ1) is 13.4. The molecule has 0 aliphatic heterocycles. The summed E-state index contributed by atoms with van der Waals surface area (Å²) in [5, 5.41) is 0. The lowest BCUT2D eigenvalue weighted by Crippen LogP contribution is -2.38. The number of hydrogen-bond donors (Lipinski definition) is 0. The van der Waals surface area contributed by atoms with Crippen LogP contribution < -0.4 is 0 Å². The van der Waals surface area contributed by atoms with Crippen molar-refractivity contribution in [2.75, 3.05) is 6.54 Å². The summed E-state index contributed by atoms with van der Waals surface area (Å²) in [5.74, 6) is 1.37. The first-order valence-electron chi connectivity index (χ1n) is 7.30. The average molecular weight is 247 g/mol. The SMILES string of the molecule is CC(C)N(C/C=C/C1CC=CCC1)C(=O)C1CC1. The summed E-state index contributed by atoms with van der Waals surface area (Å²) in [5.41, 5.74) is 0. The molecule has 1 unspecified atom stereocenters. The maximum absolute atomic E-state index is 12.1. The highest BCUT2D eigenvalue weighted by atomic mass is 16.2. The van der Waals surface area contributed by atoms with E-state index in [-0.39, 0.29) is 0 Å². The molecular weight excluding hydrogens is 222 g/mol.